The molecule has 2 atom stereocenters. The largest absolute Gasteiger partial charge is 0.391 e. The van der Waals surface area contributed by atoms with Crippen LogP contribution in [0.15, 0.2) is 48.8 Å². The van der Waals surface area contributed by atoms with E-state index >= 15 is 0 Å². The van der Waals surface area contributed by atoms with Crippen molar-refractivity contribution in [3.8, 4) is 0 Å². The van der Waals surface area contributed by atoms with E-state index in [1.54, 1.807) is 12.4 Å². The molecule has 1 aromatic carbocycles. The zero-order valence-electron chi connectivity index (χ0n) is 14.6. The Morgan fingerprint density at radius 2 is 1.85 bits per heavy atom. The maximum Gasteiger partial charge on any atom is 0.233 e. The first-order valence-corrected chi connectivity index (χ1v) is 9.59. The zero-order chi connectivity index (χ0) is 18.1. The number of aromatic nitrogens is 1. The molecule has 1 saturated carbocycles. The van der Waals surface area contributed by atoms with Gasteiger partial charge < -0.3 is 10.0 Å². The average molecular weight is 371 g/mol. The summed E-state index contributed by atoms with van der Waals surface area (Å²) in [4.78, 5) is 19.3. The molecule has 136 valence electrons. The Balaban J connectivity index is 1.50. The summed E-state index contributed by atoms with van der Waals surface area (Å²) in [6, 6.07) is 11.6. The lowest BCUT2D eigenvalue weighted by atomic mass is 9.63. The first-order chi connectivity index (χ1) is 12.6. The van der Waals surface area contributed by atoms with Crippen LogP contribution >= 0.6 is 11.6 Å². The van der Waals surface area contributed by atoms with Gasteiger partial charge in [0.2, 0.25) is 5.91 Å². The van der Waals surface area contributed by atoms with E-state index in [1.807, 2.05) is 41.3 Å². The second-order valence-electron chi connectivity index (χ2n) is 7.54. The number of β-amino-alcohol motifs (C(OH)–C–C–N with tert-alkyl or cyclic N) is 1. The van der Waals surface area contributed by atoms with Crippen LogP contribution in [-0.2, 0) is 16.6 Å². The van der Waals surface area contributed by atoms with Gasteiger partial charge in [0, 0.05) is 36.4 Å². The van der Waals surface area contributed by atoms with Crippen LogP contribution in [-0.4, -0.2) is 40.1 Å². The van der Waals surface area contributed by atoms with E-state index in [4.69, 9.17) is 11.6 Å². The van der Waals surface area contributed by atoms with Gasteiger partial charge in [-0.2, -0.15) is 0 Å². The lowest BCUT2D eigenvalue weighted by Gasteiger charge is -2.43. The van der Waals surface area contributed by atoms with Crippen molar-refractivity contribution in [2.75, 3.05) is 13.1 Å². The van der Waals surface area contributed by atoms with Crippen molar-refractivity contribution in [1.29, 1.82) is 0 Å². The maximum absolute atomic E-state index is 13.4. The third kappa shape index (κ3) is 3.12. The van der Waals surface area contributed by atoms with Gasteiger partial charge in [-0.05, 0) is 54.7 Å². The summed E-state index contributed by atoms with van der Waals surface area (Å²) in [6.45, 7) is 1.03. The van der Waals surface area contributed by atoms with Crippen LogP contribution in [0.3, 0.4) is 0 Å². The number of aliphatic hydroxyl groups excluding tert-OH is 1. The van der Waals surface area contributed by atoms with Crippen LogP contribution in [0.25, 0.3) is 0 Å². The Morgan fingerprint density at radius 3 is 2.46 bits per heavy atom. The molecule has 1 aliphatic carbocycles. The Hall–Kier alpha value is -1.91. The molecule has 26 heavy (non-hydrogen) atoms. The highest BCUT2D eigenvalue weighted by Crippen LogP contribution is 2.46. The minimum absolute atomic E-state index is 0.0729. The quantitative estimate of drug-likeness (QED) is 0.899. The molecule has 1 aromatic heterocycles. The number of halogens is 1. The van der Waals surface area contributed by atoms with Gasteiger partial charge in [-0.1, -0.05) is 30.2 Å². The van der Waals surface area contributed by atoms with Crippen LogP contribution in [0.2, 0.25) is 5.02 Å². The number of benzene rings is 1. The summed E-state index contributed by atoms with van der Waals surface area (Å²) < 4.78 is 0. The van der Waals surface area contributed by atoms with Gasteiger partial charge in [0.25, 0.3) is 0 Å². The second kappa shape index (κ2) is 7.01. The van der Waals surface area contributed by atoms with Gasteiger partial charge >= 0.3 is 0 Å². The van der Waals surface area contributed by atoms with Crippen LogP contribution in [0.5, 0.6) is 0 Å². The Kier molecular flexibility index (Phi) is 4.72. The fourth-order valence-corrected chi connectivity index (χ4v) is 4.40. The SMILES string of the molecule is O=C(N1C[C@@H](Cc2ccncc2)[C@@H](O)C1)C1(c2ccc(Cl)cc2)CCC1. The van der Waals surface area contributed by atoms with E-state index in [1.165, 1.54) is 0 Å². The number of carbonyl (C=O) groups is 1. The number of likely N-dealkylation sites (tertiary alicyclic amines) is 1. The number of aliphatic hydroxyl groups is 1. The number of hydrogen-bond acceptors (Lipinski definition) is 3. The number of amides is 1. The summed E-state index contributed by atoms with van der Waals surface area (Å²) in [5, 5.41) is 11.2. The predicted octanol–water partition coefficient (Wildman–Crippen LogP) is 3.22. The number of nitrogens with zero attached hydrogens (tertiary/aromatic N) is 2. The molecule has 2 aliphatic rings. The highest BCUT2D eigenvalue weighted by Gasteiger charge is 2.49. The molecule has 1 aliphatic heterocycles. The minimum atomic E-state index is -0.477. The van der Waals surface area contributed by atoms with Gasteiger partial charge in [-0.15, -0.1) is 0 Å². The van der Waals surface area contributed by atoms with Crippen LogP contribution in [0.4, 0.5) is 0 Å². The van der Waals surface area contributed by atoms with E-state index in [0.717, 1.165) is 36.8 Å². The lowest BCUT2D eigenvalue weighted by molar-refractivity contribution is -0.140. The molecular formula is C21H23ClN2O2. The topological polar surface area (TPSA) is 53.4 Å². The van der Waals surface area contributed by atoms with E-state index in [-0.39, 0.29) is 11.8 Å². The first kappa shape index (κ1) is 17.5. The smallest absolute Gasteiger partial charge is 0.233 e. The molecule has 5 heteroatoms. The average Bonchev–Trinajstić information content (AvgIpc) is 2.97. The van der Waals surface area contributed by atoms with Gasteiger partial charge in [-0.3, -0.25) is 9.78 Å². The van der Waals surface area contributed by atoms with Crippen molar-refractivity contribution < 1.29 is 9.90 Å². The Labute approximate surface area is 158 Å². The van der Waals surface area contributed by atoms with Crippen molar-refractivity contribution in [3.05, 3.63) is 64.9 Å². The third-order valence-corrected chi connectivity index (χ3v) is 6.21. The Morgan fingerprint density at radius 1 is 1.15 bits per heavy atom. The third-order valence-electron chi connectivity index (χ3n) is 5.95. The minimum Gasteiger partial charge on any atom is -0.391 e. The molecule has 1 saturated heterocycles. The molecule has 0 spiro atoms. The molecular weight excluding hydrogens is 348 g/mol. The van der Waals surface area contributed by atoms with Crippen molar-refractivity contribution in [2.24, 2.45) is 5.92 Å². The molecule has 0 bridgehead atoms. The van der Waals surface area contributed by atoms with E-state index in [9.17, 15) is 9.90 Å². The molecule has 0 radical (unpaired) electrons. The summed E-state index contributed by atoms with van der Waals surface area (Å²) in [6.07, 6.45) is 6.62. The van der Waals surface area contributed by atoms with E-state index in [0.29, 0.717) is 18.1 Å². The van der Waals surface area contributed by atoms with Crippen LogP contribution in [0.1, 0.15) is 30.4 Å². The molecule has 0 unspecified atom stereocenters. The lowest BCUT2D eigenvalue weighted by Crippen LogP contribution is -2.50. The monoisotopic (exact) mass is 370 g/mol. The molecule has 2 fully saturated rings. The van der Waals surface area contributed by atoms with Crippen molar-refractivity contribution in [2.45, 2.75) is 37.2 Å². The fourth-order valence-electron chi connectivity index (χ4n) is 4.27. The summed E-state index contributed by atoms with van der Waals surface area (Å²) in [5.74, 6) is 0.228. The van der Waals surface area contributed by atoms with Crippen molar-refractivity contribution in [3.63, 3.8) is 0 Å². The van der Waals surface area contributed by atoms with Gasteiger partial charge in [-0.25, -0.2) is 0 Å². The molecule has 1 N–H and O–H groups in total. The van der Waals surface area contributed by atoms with Crippen LogP contribution in [0, 0.1) is 5.92 Å². The molecule has 2 aromatic rings. The highest BCUT2D eigenvalue weighted by molar-refractivity contribution is 6.30. The highest BCUT2D eigenvalue weighted by atomic mass is 35.5. The summed E-state index contributed by atoms with van der Waals surface area (Å²) >= 11 is 6.01. The number of pyridine rings is 1. The summed E-state index contributed by atoms with van der Waals surface area (Å²) in [5.41, 5.74) is 1.76. The molecule has 4 rings (SSSR count). The fraction of sp³-hybridized carbons (Fsp3) is 0.429. The predicted molar refractivity (Wildman–Crippen MR) is 101 cm³/mol. The van der Waals surface area contributed by atoms with E-state index < -0.39 is 11.5 Å². The number of carbonyl (C=O) groups excluding carboxylic acids is 1. The van der Waals surface area contributed by atoms with Gasteiger partial charge in [0.1, 0.15) is 0 Å². The van der Waals surface area contributed by atoms with Crippen molar-refractivity contribution >= 4 is 17.5 Å². The molecule has 2 heterocycles. The van der Waals surface area contributed by atoms with Crippen molar-refractivity contribution in [1.82, 2.24) is 9.88 Å². The zero-order valence-corrected chi connectivity index (χ0v) is 15.4. The van der Waals surface area contributed by atoms with E-state index in [2.05, 4.69) is 4.98 Å². The van der Waals surface area contributed by atoms with Gasteiger partial charge in [0.15, 0.2) is 0 Å². The maximum atomic E-state index is 13.4. The normalized spacial score (nSPS) is 24.3. The Bertz CT molecular complexity index is 774. The molecule has 4 nitrogen and oxygen atoms in total. The number of hydrogen-bond donors (Lipinski definition) is 1. The number of rotatable bonds is 4. The van der Waals surface area contributed by atoms with Crippen LogP contribution < -0.4 is 0 Å². The standard InChI is InChI=1S/C21H23ClN2O2/c22-18-4-2-17(3-5-18)21(8-1-9-21)20(26)24-13-16(19(25)14-24)12-15-6-10-23-11-7-15/h2-7,10-11,16,19,25H,1,8-9,12-14H2/t16-,19+/m1/s1. The second-order valence-corrected chi connectivity index (χ2v) is 7.98. The first-order valence-electron chi connectivity index (χ1n) is 9.21. The van der Waals surface area contributed by atoms with Gasteiger partial charge in [0.05, 0.1) is 11.5 Å². The summed E-state index contributed by atoms with van der Waals surface area (Å²) in [7, 11) is 0. The molecule has 1 amide bonds.